The molecule has 4 rings (SSSR count). The normalized spacial score (nSPS) is 26.8. The molecule has 3 aliphatic rings. The first-order valence-electron chi connectivity index (χ1n) is 6.68. The van der Waals surface area contributed by atoms with Crippen LogP contribution in [0.5, 0.6) is 11.5 Å². The third kappa shape index (κ3) is 1.61. The summed E-state index contributed by atoms with van der Waals surface area (Å²) in [6.45, 7) is 0.0437. The van der Waals surface area contributed by atoms with Crippen LogP contribution in [0.3, 0.4) is 0 Å². The van der Waals surface area contributed by atoms with E-state index in [2.05, 4.69) is 0 Å². The second-order valence-electron chi connectivity index (χ2n) is 5.66. The van der Waals surface area contributed by atoms with E-state index in [-0.39, 0.29) is 25.2 Å². The van der Waals surface area contributed by atoms with Crippen LogP contribution < -0.4 is 4.74 Å². The number of phenols is 1. The average Bonchev–Trinajstić information content (AvgIpc) is 2.71. The highest BCUT2D eigenvalue weighted by atomic mass is 16.5. The van der Waals surface area contributed by atoms with Gasteiger partial charge in [-0.3, -0.25) is 9.59 Å². The highest BCUT2D eigenvalue weighted by Gasteiger charge is 2.48. The number of fused-ring (bicyclic) bond motifs is 4. The van der Waals surface area contributed by atoms with E-state index in [1.807, 2.05) is 0 Å². The van der Waals surface area contributed by atoms with E-state index in [4.69, 9.17) is 4.74 Å². The minimum Gasteiger partial charge on any atom is -0.508 e. The van der Waals surface area contributed by atoms with Crippen molar-refractivity contribution in [2.45, 2.75) is 18.4 Å². The summed E-state index contributed by atoms with van der Waals surface area (Å²) >= 11 is 0. The zero-order valence-corrected chi connectivity index (χ0v) is 11.0. The molecule has 0 aromatic heterocycles. The Morgan fingerprint density at radius 3 is 2.86 bits per heavy atom. The molecule has 1 aromatic rings. The quantitative estimate of drug-likeness (QED) is 0.698. The highest BCUT2D eigenvalue weighted by molar-refractivity contribution is 6.43. The molecule has 5 nitrogen and oxygen atoms in total. The zero-order valence-electron chi connectivity index (χ0n) is 11.0. The summed E-state index contributed by atoms with van der Waals surface area (Å²) in [4.78, 5) is 23.2. The van der Waals surface area contributed by atoms with E-state index in [1.165, 1.54) is 18.2 Å². The lowest BCUT2D eigenvalue weighted by Gasteiger charge is -2.33. The maximum Gasteiger partial charge on any atom is 0.222 e. The van der Waals surface area contributed by atoms with E-state index in [9.17, 15) is 19.8 Å². The third-order valence-corrected chi connectivity index (χ3v) is 4.26. The second kappa shape index (κ2) is 3.83. The first-order valence-corrected chi connectivity index (χ1v) is 6.68. The molecule has 1 atom stereocenters. The van der Waals surface area contributed by atoms with Crippen molar-refractivity contribution in [2.75, 3.05) is 6.61 Å². The lowest BCUT2D eigenvalue weighted by atomic mass is 9.86. The predicted molar refractivity (Wildman–Crippen MR) is 72.8 cm³/mol. The van der Waals surface area contributed by atoms with Crippen molar-refractivity contribution >= 4 is 17.1 Å². The Labute approximate surface area is 120 Å². The second-order valence-corrected chi connectivity index (χ2v) is 5.66. The minimum absolute atomic E-state index is 0.0165. The Morgan fingerprint density at radius 1 is 1.24 bits per heavy atom. The summed E-state index contributed by atoms with van der Waals surface area (Å²) in [7, 11) is 0. The number of hydrogen-bond donors (Lipinski definition) is 2. The third-order valence-electron chi connectivity index (χ3n) is 4.26. The number of aliphatic hydroxyl groups is 1. The summed E-state index contributed by atoms with van der Waals surface area (Å²) in [5.74, 6) is -0.415. The molecule has 5 heteroatoms. The smallest absolute Gasteiger partial charge is 0.222 e. The molecule has 1 heterocycles. The summed E-state index contributed by atoms with van der Waals surface area (Å²) in [5, 5.41) is 20.4. The molecule has 0 radical (unpaired) electrons. The van der Waals surface area contributed by atoms with Crippen molar-refractivity contribution < 1.29 is 24.5 Å². The van der Waals surface area contributed by atoms with Crippen molar-refractivity contribution in [2.24, 2.45) is 0 Å². The molecular weight excluding hydrogens is 272 g/mol. The van der Waals surface area contributed by atoms with Crippen LogP contribution in [0, 0.1) is 0 Å². The number of rotatable bonds is 0. The van der Waals surface area contributed by atoms with Crippen LogP contribution >= 0.6 is 0 Å². The van der Waals surface area contributed by atoms with Crippen molar-refractivity contribution in [1.29, 1.82) is 0 Å². The van der Waals surface area contributed by atoms with Crippen LogP contribution in [0.25, 0.3) is 5.57 Å². The molecule has 106 valence electrons. The monoisotopic (exact) mass is 284 g/mol. The summed E-state index contributed by atoms with van der Waals surface area (Å²) in [6.07, 6.45) is 1.62. The molecule has 0 amide bonds. The molecule has 0 fully saturated rings. The molecule has 1 aliphatic heterocycles. The predicted octanol–water partition coefficient (Wildman–Crippen LogP) is 1.14. The van der Waals surface area contributed by atoms with Crippen LogP contribution in [0.2, 0.25) is 0 Å². The Morgan fingerprint density at radius 2 is 2.05 bits per heavy atom. The SMILES string of the molecule is O=C1C=C2C[C@@]3(O)COc4cc(O)ccc4C3=C2CC1=O. The number of carbonyl (C=O) groups excluding carboxylic acids is 2. The van der Waals surface area contributed by atoms with E-state index >= 15 is 0 Å². The van der Waals surface area contributed by atoms with E-state index in [0.717, 1.165) is 5.57 Å². The zero-order chi connectivity index (χ0) is 14.8. The minimum atomic E-state index is -1.21. The van der Waals surface area contributed by atoms with E-state index in [0.29, 0.717) is 22.5 Å². The molecule has 0 spiro atoms. The number of phenolic OH excluding ortho intramolecular Hbond substituents is 1. The standard InChI is InChI=1S/C16H12O5/c17-9-1-2-10-14(4-9)21-7-16(20)6-8-3-12(18)13(19)5-11(8)15(10)16/h1-4,17,20H,5-7H2/t16-/m1/s1. The van der Waals surface area contributed by atoms with Gasteiger partial charge in [-0.15, -0.1) is 0 Å². The Hall–Kier alpha value is -2.40. The summed E-state index contributed by atoms with van der Waals surface area (Å²) in [6, 6.07) is 4.67. The van der Waals surface area contributed by atoms with Crippen molar-refractivity contribution in [1.82, 2.24) is 0 Å². The first kappa shape index (κ1) is 12.3. The van der Waals surface area contributed by atoms with Gasteiger partial charge < -0.3 is 14.9 Å². The van der Waals surface area contributed by atoms with Crippen molar-refractivity contribution in [3.8, 4) is 11.5 Å². The molecule has 2 aliphatic carbocycles. The van der Waals surface area contributed by atoms with Crippen molar-refractivity contribution in [3.05, 3.63) is 41.0 Å². The number of allylic oxidation sites excluding steroid dienone is 2. The molecule has 0 saturated heterocycles. The topological polar surface area (TPSA) is 83.8 Å². The largest absolute Gasteiger partial charge is 0.508 e. The average molecular weight is 284 g/mol. The number of carbonyl (C=O) groups is 2. The Bertz CT molecular complexity index is 771. The van der Waals surface area contributed by atoms with Crippen molar-refractivity contribution in [3.63, 3.8) is 0 Å². The molecule has 21 heavy (non-hydrogen) atoms. The van der Waals surface area contributed by atoms with Gasteiger partial charge >= 0.3 is 0 Å². The van der Waals surface area contributed by atoms with Gasteiger partial charge in [-0.1, -0.05) is 0 Å². The summed E-state index contributed by atoms with van der Waals surface area (Å²) < 4.78 is 5.54. The van der Waals surface area contributed by atoms with Crippen LogP contribution in [-0.4, -0.2) is 34.0 Å². The fourth-order valence-electron chi connectivity index (χ4n) is 3.35. The number of Topliss-reactive ketones (excluding diaryl/α,β-unsaturated/α-hetero) is 1. The molecule has 0 bridgehead atoms. The number of aromatic hydroxyl groups is 1. The van der Waals surface area contributed by atoms with Crippen LogP contribution in [0.15, 0.2) is 35.4 Å². The van der Waals surface area contributed by atoms with Gasteiger partial charge in [0.1, 0.15) is 23.7 Å². The van der Waals surface area contributed by atoms with Crippen LogP contribution in [0.1, 0.15) is 18.4 Å². The van der Waals surface area contributed by atoms with Gasteiger partial charge in [-0.2, -0.15) is 0 Å². The number of benzene rings is 1. The maximum absolute atomic E-state index is 11.7. The van der Waals surface area contributed by atoms with E-state index in [1.54, 1.807) is 6.07 Å². The number of ether oxygens (including phenoxy) is 1. The molecule has 0 unspecified atom stereocenters. The molecule has 2 N–H and O–H groups in total. The van der Waals surface area contributed by atoms with Gasteiger partial charge in [0.2, 0.25) is 11.6 Å². The molecule has 0 saturated carbocycles. The lowest BCUT2D eigenvalue weighted by Crippen LogP contribution is -2.38. The lowest BCUT2D eigenvalue weighted by molar-refractivity contribution is -0.133. The fraction of sp³-hybridized carbons (Fsp3) is 0.250. The van der Waals surface area contributed by atoms with E-state index < -0.39 is 17.2 Å². The Kier molecular flexibility index (Phi) is 2.25. The van der Waals surface area contributed by atoms with Crippen LogP contribution in [-0.2, 0) is 9.59 Å². The number of ketones is 2. The summed E-state index contributed by atoms with van der Waals surface area (Å²) in [5.41, 5.74) is 1.53. The maximum atomic E-state index is 11.7. The van der Waals surface area contributed by atoms with Gasteiger partial charge in [-0.05, 0) is 29.4 Å². The van der Waals surface area contributed by atoms with Gasteiger partial charge in [-0.25, -0.2) is 0 Å². The number of hydrogen-bond acceptors (Lipinski definition) is 5. The van der Waals surface area contributed by atoms with Gasteiger partial charge in [0.25, 0.3) is 0 Å². The molecular formula is C16H12O5. The van der Waals surface area contributed by atoms with Gasteiger partial charge in [0.05, 0.1) is 0 Å². The Balaban J connectivity index is 1.98. The van der Waals surface area contributed by atoms with Gasteiger partial charge in [0.15, 0.2) is 0 Å². The first-order chi connectivity index (χ1) is 9.98. The van der Waals surface area contributed by atoms with Gasteiger partial charge in [0, 0.05) is 30.0 Å². The fourth-order valence-corrected chi connectivity index (χ4v) is 3.35. The highest BCUT2D eigenvalue weighted by Crippen LogP contribution is 2.52. The van der Waals surface area contributed by atoms with Crippen LogP contribution in [0.4, 0.5) is 0 Å². The molecule has 1 aromatic carbocycles.